The molecule has 0 aliphatic carbocycles. The number of hydrogen-bond acceptors (Lipinski definition) is 2. The van der Waals surface area contributed by atoms with Gasteiger partial charge < -0.3 is 10.0 Å². The summed E-state index contributed by atoms with van der Waals surface area (Å²) in [6.07, 6.45) is -4.43. The van der Waals surface area contributed by atoms with Crippen LogP contribution in [0, 0.1) is 11.8 Å². The van der Waals surface area contributed by atoms with Gasteiger partial charge in [0.2, 0.25) is 0 Å². The van der Waals surface area contributed by atoms with Crippen LogP contribution >= 0.6 is 0 Å². The fourth-order valence-electron chi connectivity index (χ4n) is 2.18. The predicted molar refractivity (Wildman–Crippen MR) is 67.6 cm³/mol. The minimum Gasteiger partial charge on any atom is -0.481 e. The predicted octanol–water partition coefficient (Wildman–Crippen LogP) is 2.50. The van der Waals surface area contributed by atoms with E-state index in [1.807, 2.05) is 0 Å². The molecule has 0 radical (unpaired) electrons. The Morgan fingerprint density at radius 3 is 2.19 bits per heavy atom. The molecule has 0 aromatic heterocycles. The van der Waals surface area contributed by atoms with Crippen LogP contribution in [-0.2, 0) is 11.0 Å². The largest absolute Gasteiger partial charge is 0.481 e. The Morgan fingerprint density at radius 1 is 1.24 bits per heavy atom. The molecule has 0 bridgehead atoms. The maximum absolute atomic E-state index is 12.4. The first-order valence-corrected chi connectivity index (χ1v) is 6.39. The lowest BCUT2D eigenvalue weighted by atomic mass is 9.86. The third kappa shape index (κ3) is 3.17. The van der Waals surface area contributed by atoms with Gasteiger partial charge in [-0.25, -0.2) is 0 Å². The first-order chi connectivity index (χ1) is 9.70. The second-order valence-electron chi connectivity index (χ2n) is 5.17. The molecule has 1 aromatic rings. The molecule has 1 fully saturated rings. The second-order valence-corrected chi connectivity index (χ2v) is 5.17. The van der Waals surface area contributed by atoms with Gasteiger partial charge in [0.25, 0.3) is 5.91 Å². The van der Waals surface area contributed by atoms with Crippen molar-refractivity contribution in [3.8, 4) is 0 Å². The van der Waals surface area contributed by atoms with Crippen molar-refractivity contribution in [2.24, 2.45) is 11.8 Å². The lowest BCUT2D eigenvalue weighted by Crippen LogP contribution is -2.53. The van der Waals surface area contributed by atoms with Crippen LogP contribution in [0.5, 0.6) is 0 Å². The summed E-state index contributed by atoms with van der Waals surface area (Å²) in [4.78, 5) is 24.3. The second kappa shape index (κ2) is 5.38. The molecule has 1 heterocycles. The van der Waals surface area contributed by atoms with Gasteiger partial charge in [-0.05, 0) is 24.3 Å². The van der Waals surface area contributed by atoms with Crippen LogP contribution in [0.4, 0.5) is 13.2 Å². The van der Waals surface area contributed by atoms with Gasteiger partial charge in [-0.15, -0.1) is 0 Å². The van der Waals surface area contributed by atoms with Gasteiger partial charge in [-0.2, -0.15) is 13.2 Å². The molecule has 1 atom stereocenters. The molecule has 0 spiro atoms. The first kappa shape index (κ1) is 15.3. The molecule has 1 aliphatic rings. The van der Waals surface area contributed by atoms with E-state index >= 15 is 0 Å². The summed E-state index contributed by atoms with van der Waals surface area (Å²) in [6.45, 7) is 2.20. The number of alkyl halides is 3. The van der Waals surface area contributed by atoms with Crippen molar-refractivity contribution in [1.29, 1.82) is 0 Å². The highest BCUT2D eigenvalue weighted by atomic mass is 19.4. The minimum absolute atomic E-state index is 0.110. The van der Waals surface area contributed by atoms with E-state index in [1.165, 1.54) is 4.90 Å². The minimum atomic E-state index is -4.43. The van der Waals surface area contributed by atoms with E-state index in [9.17, 15) is 22.8 Å². The molecule has 114 valence electrons. The van der Waals surface area contributed by atoms with Crippen molar-refractivity contribution >= 4 is 11.9 Å². The molecule has 1 N–H and O–H groups in total. The number of rotatable bonds is 3. The van der Waals surface area contributed by atoms with Crippen molar-refractivity contribution < 1.29 is 27.9 Å². The number of carboxylic acids is 1. The number of halogens is 3. The Kier molecular flexibility index (Phi) is 3.93. The van der Waals surface area contributed by atoms with Crippen LogP contribution < -0.4 is 0 Å². The maximum atomic E-state index is 12.4. The molecule has 4 nitrogen and oxygen atoms in total. The van der Waals surface area contributed by atoms with E-state index in [-0.39, 0.29) is 17.4 Å². The molecule has 1 aliphatic heterocycles. The average molecular weight is 301 g/mol. The number of amides is 1. The average Bonchev–Trinajstić information content (AvgIpc) is 2.35. The fraction of sp³-hybridized carbons (Fsp3) is 0.429. The highest BCUT2D eigenvalue weighted by Gasteiger charge is 2.37. The van der Waals surface area contributed by atoms with E-state index in [1.54, 1.807) is 6.92 Å². The molecule has 1 saturated heterocycles. The van der Waals surface area contributed by atoms with Crippen LogP contribution in [0.25, 0.3) is 0 Å². The number of nitrogens with zero attached hydrogens (tertiary/aromatic N) is 1. The van der Waals surface area contributed by atoms with Crippen LogP contribution in [0.2, 0.25) is 0 Å². The summed E-state index contributed by atoms with van der Waals surface area (Å²) >= 11 is 0. The van der Waals surface area contributed by atoms with Gasteiger partial charge in [0.15, 0.2) is 0 Å². The molecule has 7 heteroatoms. The number of hydrogen-bond donors (Lipinski definition) is 1. The summed E-state index contributed by atoms with van der Waals surface area (Å²) in [5.74, 6) is -1.94. The molecule has 1 amide bonds. The van der Waals surface area contributed by atoms with Crippen LogP contribution in [0.3, 0.4) is 0 Å². The van der Waals surface area contributed by atoms with E-state index in [2.05, 4.69) is 0 Å². The first-order valence-electron chi connectivity index (χ1n) is 6.39. The van der Waals surface area contributed by atoms with Gasteiger partial charge in [0.05, 0.1) is 11.5 Å². The van der Waals surface area contributed by atoms with E-state index in [0.29, 0.717) is 13.1 Å². The lowest BCUT2D eigenvalue weighted by molar-refractivity contribution is -0.145. The normalized spacial score (nSPS) is 17.2. The third-order valence-corrected chi connectivity index (χ3v) is 3.75. The van der Waals surface area contributed by atoms with Crippen LogP contribution in [-0.4, -0.2) is 35.0 Å². The number of carboxylic acid groups (broad SMARTS) is 1. The summed E-state index contributed by atoms with van der Waals surface area (Å²) in [6, 6.07) is 4.01. The maximum Gasteiger partial charge on any atom is 0.416 e. The highest BCUT2D eigenvalue weighted by molar-refractivity contribution is 5.94. The van der Waals surface area contributed by atoms with Crippen molar-refractivity contribution in [1.82, 2.24) is 4.90 Å². The molecule has 1 unspecified atom stereocenters. The zero-order valence-electron chi connectivity index (χ0n) is 11.2. The van der Waals surface area contributed by atoms with Crippen molar-refractivity contribution in [2.75, 3.05) is 13.1 Å². The Balaban J connectivity index is 1.98. The van der Waals surface area contributed by atoms with E-state index < -0.39 is 23.6 Å². The molecular weight excluding hydrogens is 287 g/mol. The fourth-order valence-corrected chi connectivity index (χ4v) is 2.18. The van der Waals surface area contributed by atoms with Gasteiger partial charge in [0.1, 0.15) is 0 Å². The Labute approximate surface area is 119 Å². The van der Waals surface area contributed by atoms with E-state index in [4.69, 9.17) is 5.11 Å². The van der Waals surface area contributed by atoms with Crippen molar-refractivity contribution in [2.45, 2.75) is 13.1 Å². The standard InChI is InChI=1S/C14H14F3NO3/c1-8(13(20)21)10-6-18(7-10)12(19)9-2-4-11(5-3-9)14(15,16)17/h2-5,8,10H,6-7H2,1H3,(H,20,21). The topological polar surface area (TPSA) is 57.6 Å². The van der Waals surface area contributed by atoms with Gasteiger partial charge >= 0.3 is 12.1 Å². The SMILES string of the molecule is CC(C(=O)O)C1CN(C(=O)c2ccc(C(F)(F)F)cc2)C1. The molecule has 21 heavy (non-hydrogen) atoms. The van der Waals surface area contributed by atoms with Crippen LogP contribution in [0.15, 0.2) is 24.3 Å². The quantitative estimate of drug-likeness (QED) is 0.933. The summed E-state index contributed by atoms with van der Waals surface area (Å²) in [5.41, 5.74) is -0.635. The number of benzene rings is 1. The highest BCUT2D eigenvalue weighted by Crippen LogP contribution is 2.30. The van der Waals surface area contributed by atoms with Gasteiger partial charge in [0, 0.05) is 24.6 Å². The number of likely N-dealkylation sites (tertiary alicyclic amines) is 1. The van der Waals surface area contributed by atoms with Crippen molar-refractivity contribution in [3.63, 3.8) is 0 Å². The molecular formula is C14H14F3NO3. The third-order valence-electron chi connectivity index (χ3n) is 3.75. The van der Waals surface area contributed by atoms with Crippen molar-refractivity contribution in [3.05, 3.63) is 35.4 Å². The number of carbonyl (C=O) groups excluding carboxylic acids is 1. The summed E-state index contributed by atoms with van der Waals surface area (Å²) < 4.78 is 37.3. The van der Waals surface area contributed by atoms with E-state index in [0.717, 1.165) is 24.3 Å². The lowest BCUT2D eigenvalue weighted by Gasteiger charge is -2.41. The Bertz CT molecular complexity index is 548. The van der Waals surface area contributed by atoms with Crippen LogP contribution in [0.1, 0.15) is 22.8 Å². The summed E-state index contributed by atoms with van der Waals surface area (Å²) in [7, 11) is 0. The Hall–Kier alpha value is -2.05. The monoisotopic (exact) mass is 301 g/mol. The zero-order valence-corrected chi connectivity index (χ0v) is 11.2. The van der Waals surface area contributed by atoms with Gasteiger partial charge in [-0.1, -0.05) is 6.92 Å². The summed E-state index contributed by atoms with van der Waals surface area (Å²) in [5, 5.41) is 8.86. The molecule has 1 aromatic carbocycles. The molecule has 2 rings (SSSR count). The molecule has 0 saturated carbocycles. The zero-order chi connectivity index (χ0) is 15.8. The van der Waals surface area contributed by atoms with Gasteiger partial charge in [-0.3, -0.25) is 9.59 Å². The smallest absolute Gasteiger partial charge is 0.416 e. The number of aliphatic carboxylic acids is 1. The number of carbonyl (C=O) groups is 2. The Morgan fingerprint density at radius 2 is 1.76 bits per heavy atom.